The minimum atomic E-state index is -0.684. The van der Waals surface area contributed by atoms with E-state index < -0.39 is 7.92 Å². The lowest BCUT2D eigenvalue weighted by molar-refractivity contribution is 1.38. The highest BCUT2D eigenvalue weighted by molar-refractivity contribution is 7.80. The van der Waals surface area contributed by atoms with Crippen LogP contribution in [0.15, 0.2) is 127 Å². The van der Waals surface area contributed by atoms with Crippen molar-refractivity contribution < 1.29 is 0 Å². The minimum Gasteiger partial charge on any atom is -0.0622 e. The Bertz CT molecular complexity index is 1310. The Kier molecular flexibility index (Phi) is 6.20. The highest BCUT2D eigenvalue weighted by Gasteiger charge is 2.21. The molecule has 0 saturated carbocycles. The first-order valence-corrected chi connectivity index (χ1v) is 12.7. The van der Waals surface area contributed by atoms with Crippen LogP contribution in [0.25, 0.3) is 22.3 Å². The standard InChI is InChI=1S/C32H27P/c1-24-21-25(2)23-26(22-24)29-17-9-10-18-30(29)31-19-11-12-20-32(31)33(27-13-5-3-6-14-27)28-15-7-4-8-16-28/h3-23H,1-2H3. The highest BCUT2D eigenvalue weighted by atomic mass is 31.1. The zero-order chi connectivity index (χ0) is 22.6. The molecular weight excluding hydrogens is 415 g/mol. The molecule has 0 radical (unpaired) electrons. The summed E-state index contributed by atoms with van der Waals surface area (Å²) in [5.41, 5.74) is 7.76. The van der Waals surface area contributed by atoms with Crippen LogP contribution >= 0.6 is 7.92 Å². The van der Waals surface area contributed by atoms with Gasteiger partial charge in [-0.05, 0) is 59.9 Å². The molecule has 5 aromatic rings. The van der Waals surface area contributed by atoms with Crippen LogP contribution in [0.4, 0.5) is 0 Å². The van der Waals surface area contributed by atoms with Crippen LogP contribution < -0.4 is 15.9 Å². The maximum atomic E-state index is 2.32. The van der Waals surface area contributed by atoms with E-state index in [2.05, 4.69) is 141 Å². The minimum absolute atomic E-state index is 0.684. The number of aryl methyl sites for hydroxylation is 2. The van der Waals surface area contributed by atoms with Gasteiger partial charge in [-0.15, -0.1) is 0 Å². The van der Waals surface area contributed by atoms with E-state index in [4.69, 9.17) is 0 Å². The molecule has 0 aliphatic carbocycles. The van der Waals surface area contributed by atoms with Gasteiger partial charge in [0, 0.05) is 0 Å². The van der Waals surface area contributed by atoms with Crippen LogP contribution in [0.3, 0.4) is 0 Å². The molecule has 0 fully saturated rings. The maximum Gasteiger partial charge on any atom is -0.00724 e. The summed E-state index contributed by atoms with van der Waals surface area (Å²) < 4.78 is 0. The van der Waals surface area contributed by atoms with Crippen LogP contribution in [-0.4, -0.2) is 0 Å². The molecule has 0 bridgehead atoms. The van der Waals surface area contributed by atoms with Gasteiger partial charge in [0.2, 0.25) is 0 Å². The van der Waals surface area contributed by atoms with Crippen molar-refractivity contribution in [1.29, 1.82) is 0 Å². The summed E-state index contributed by atoms with van der Waals surface area (Å²) in [5.74, 6) is 0. The Morgan fingerprint density at radius 1 is 0.424 bits per heavy atom. The Balaban J connectivity index is 1.74. The lowest BCUT2D eigenvalue weighted by Crippen LogP contribution is -2.22. The molecule has 33 heavy (non-hydrogen) atoms. The molecule has 0 spiro atoms. The SMILES string of the molecule is Cc1cc(C)cc(-c2ccccc2-c2ccccc2P(c2ccccc2)c2ccccc2)c1. The van der Waals surface area contributed by atoms with E-state index in [-0.39, 0.29) is 0 Å². The summed E-state index contributed by atoms with van der Waals surface area (Å²) in [4.78, 5) is 0. The molecule has 5 rings (SSSR count). The number of rotatable bonds is 5. The summed E-state index contributed by atoms with van der Waals surface area (Å²) in [6, 6.07) is 46.5. The van der Waals surface area contributed by atoms with Gasteiger partial charge in [0.05, 0.1) is 0 Å². The molecule has 0 aromatic heterocycles. The molecule has 0 N–H and O–H groups in total. The normalized spacial score (nSPS) is 11.0. The highest BCUT2D eigenvalue weighted by Crippen LogP contribution is 2.40. The van der Waals surface area contributed by atoms with Crippen molar-refractivity contribution in [1.82, 2.24) is 0 Å². The molecule has 0 nitrogen and oxygen atoms in total. The molecule has 0 heterocycles. The molecule has 0 amide bonds. The van der Waals surface area contributed by atoms with E-state index in [9.17, 15) is 0 Å². The van der Waals surface area contributed by atoms with Gasteiger partial charge in [0.15, 0.2) is 0 Å². The van der Waals surface area contributed by atoms with Crippen molar-refractivity contribution in [3.63, 3.8) is 0 Å². The monoisotopic (exact) mass is 442 g/mol. The molecule has 0 aliphatic rings. The lowest BCUT2D eigenvalue weighted by atomic mass is 9.93. The third-order valence-corrected chi connectivity index (χ3v) is 8.42. The molecule has 1 heteroatoms. The number of benzene rings is 5. The quantitative estimate of drug-likeness (QED) is 0.249. The molecule has 0 aliphatic heterocycles. The van der Waals surface area contributed by atoms with Gasteiger partial charge in [-0.25, -0.2) is 0 Å². The first kappa shape index (κ1) is 21.4. The van der Waals surface area contributed by atoms with E-state index in [1.807, 2.05) is 0 Å². The Morgan fingerprint density at radius 2 is 0.879 bits per heavy atom. The van der Waals surface area contributed by atoms with Gasteiger partial charge < -0.3 is 0 Å². The summed E-state index contributed by atoms with van der Waals surface area (Å²) in [6.07, 6.45) is 0. The van der Waals surface area contributed by atoms with Gasteiger partial charge >= 0.3 is 0 Å². The molecule has 0 saturated heterocycles. The Morgan fingerprint density at radius 3 is 1.45 bits per heavy atom. The third kappa shape index (κ3) is 4.54. The van der Waals surface area contributed by atoms with Crippen molar-refractivity contribution in [3.8, 4) is 22.3 Å². The lowest BCUT2D eigenvalue weighted by Gasteiger charge is -2.23. The molecule has 5 aromatic carbocycles. The summed E-state index contributed by atoms with van der Waals surface area (Å²) in [5, 5.41) is 4.13. The van der Waals surface area contributed by atoms with Crippen molar-refractivity contribution in [2.75, 3.05) is 0 Å². The van der Waals surface area contributed by atoms with Crippen LogP contribution in [0.5, 0.6) is 0 Å². The predicted molar refractivity (Wildman–Crippen MR) is 145 cm³/mol. The third-order valence-electron chi connectivity index (χ3n) is 5.92. The largest absolute Gasteiger partial charge is 0.0622 e. The fourth-order valence-corrected chi connectivity index (χ4v) is 7.04. The van der Waals surface area contributed by atoms with Gasteiger partial charge in [0.1, 0.15) is 0 Å². The van der Waals surface area contributed by atoms with Crippen molar-refractivity contribution in [2.24, 2.45) is 0 Å². The van der Waals surface area contributed by atoms with Crippen molar-refractivity contribution in [2.45, 2.75) is 13.8 Å². The van der Waals surface area contributed by atoms with E-state index >= 15 is 0 Å². The Labute approximate surface area is 198 Å². The van der Waals surface area contributed by atoms with E-state index in [0.717, 1.165) is 0 Å². The molecule has 160 valence electrons. The maximum absolute atomic E-state index is 2.32. The second kappa shape index (κ2) is 9.57. The van der Waals surface area contributed by atoms with Crippen LogP contribution in [0.2, 0.25) is 0 Å². The summed E-state index contributed by atoms with van der Waals surface area (Å²) >= 11 is 0. The first-order chi connectivity index (χ1) is 16.2. The van der Waals surface area contributed by atoms with Crippen molar-refractivity contribution >= 4 is 23.8 Å². The predicted octanol–water partition coefficient (Wildman–Crippen LogP) is 7.40. The second-order valence-corrected chi connectivity index (χ2v) is 10.6. The molecular formula is C32H27P. The smallest absolute Gasteiger partial charge is 0.00724 e. The van der Waals surface area contributed by atoms with Crippen molar-refractivity contribution in [3.05, 3.63) is 139 Å². The van der Waals surface area contributed by atoms with Crippen LogP contribution in [0, 0.1) is 13.8 Å². The Hall–Kier alpha value is -3.47. The summed E-state index contributed by atoms with van der Waals surface area (Å²) in [7, 11) is -0.684. The first-order valence-electron chi connectivity index (χ1n) is 11.4. The average Bonchev–Trinajstić information content (AvgIpc) is 2.85. The van der Waals surface area contributed by atoms with Gasteiger partial charge in [-0.2, -0.15) is 0 Å². The van der Waals surface area contributed by atoms with Gasteiger partial charge in [-0.1, -0.05) is 139 Å². The fraction of sp³-hybridized carbons (Fsp3) is 0.0625. The number of hydrogen-bond acceptors (Lipinski definition) is 0. The zero-order valence-electron chi connectivity index (χ0n) is 19.1. The molecule has 0 unspecified atom stereocenters. The van der Waals surface area contributed by atoms with E-state index in [0.29, 0.717) is 0 Å². The van der Waals surface area contributed by atoms with E-state index in [1.54, 1.807) is 0 Å². The fourth-order valence-electron chi connectivity index (χ4n) is 4.58. The van der Waals surface area contributed by atoms with Crippen LogP contribution in [0.1, 0.15) is 11.1 Å². The number of hydrogen-bond donors (Lipinski definition) is 0. The van der Waals surface area contributed by atoms with Gasteiger partial charge in [0.25, 0.3) is 0 Å². The van der Waals surface area contributed by atoms with Gasteiger partial charge in [-0.3, -0.25) is 0 Å². The van der Waals surface area contributed by atoms with E-state index in [1.165, 1.54) is 49.3 Å². The molecule has 0 atom stereocenters. The van der Waals surface area contributed by atoms with Crippen LogP contribution in [-0.2, 0) is 0 Å². The topological polar surface area (TPSA) is 0 Å². The average molecular weight is 443 g/mol. The summed E-state index contributed by atoms with van der Waals surface area (Å²) in [6.45, 7) is 4.36. The second-order valence-electron chi connectivity index (χ2n) is 8.45. The zero-order valence-corrected chi connectivity index (χ0v) is 20.0.